The van der Waals surface area contributed by atoms with E-state index < -0.39 is 0 Å². The molecule has 1 saturated heterocycles. The Balaban J connectivity index is 1.28. The van der Waals surface area contributed by atoms with Gasteiger partial charge in [0.1, 0.15) is 11.9 Å². The van der Waals surface area contributed by atoms with Gasteiger partial charge in [-0.3, -0.25) is 14.5 Å². The molecule has 0 bridgehead atoms. The van der Waals surface area contributed by atoms with Crippen LogP contribution in [0.3, 0.4) is 0 Å². The Bertz CT molecular complexity index is 1310. The second-order valence-corrected chi connectivity index (χ2v) is 10.4. The molecule has 0 saturated carbocycles. The third kappa shape index (κ3) is 6.21. The second-order valence-electron chi connectivity index (χ2n) is 10.4. The number of likely N-dealkylation sites (N-methyl/N-ethyl adjacent to an activating group) is 2. The van der Waals surface area contributed by atoms with Crippen molar-refractivity contribution in [3.8, 4) is 0 Å². The van der Waals surface area contributed by atoms with Crippen molar-refractivity contribution in [2.24, 2.45) is 0 Å². The molecule has 9 nitrogen and oxygen atoms in total. The summed E-state index contributed by atoms with van der Waals surface area (Å²) in [7, 11) is 3.93. The first-order valence-corrected chi connectivity index (χ1v) is 13.5. The van der Waals surface area contributed by atoms with E-state index >= 15 is 0 Å². The maximum absolute atomic E-state index is 12.9. The molecule has 1 unspecified atom stereocenters. The number of anilines is 4. The lowest BCUT2D eigenvalue weighted by atomic mass is 10.1. The van der Waals surface area contributed by atoms with E-state index in [2.05, 4.69) is 49.5 Å². The van der Waals surface area contributed by atoms with Crippen LogP contribution in [0.1, 0.15) is 22.8 Å². The minimum atomic E-state index is -0.309. The highest BCUT2D eigenvalue weighted by Gasteiger charge is 2.34. The highest BCUT2D eigenvalue weighted by atomic mass is 16.2. The monoisotopic (exact) mass is 527 g/mol. The second kappa shape index (κ2) is 11.8. The topological polar surface area (TPSA) is 84.0 Å². The largest absolute Gasteiger partial charge is 0.354 e. The fraction of sp³-hybridized carbons (Fsp3) is 0.367. The van der Waals surface area contributed by atoms with E-state index in [9.17, 15) is 9.59 Å². The lowest BCUT2D eigenvalue weighted by Crippen LogP contribution is -2.50. The molecular weight excluding hydrogens is 490 g/mol. The molecule has 2 N–H and O–H groups in total. The van der Waals surface area contributed by atoms with Gasteiger partial charge < -0.3 is 25.3 Å². The Kier molecular flexibility index (Phi) is 8.09. The van der Waals surface area contributed by atoms with Gasteiger partial charge in [-0.2, -0.15) is 0 Å². The molecule has 2 aliphatic rings. The lowest BCUT2D eigenvalue weighted by Gasteiger charge is -2.40. The van der Waals surface area contributed by atoms with E-state index in [1.54, 1.807) is 18.1 Å². The maximum Gasteiger partial charge on any atom is 0.251 e. The van der Waals surface area contributed by atoms with Crippen LogP contribution in [0.25, 0.3) is 0 Å². The minimum Gasteiger partial charge on any atom is -0.354 e. The standard InChI is InChI=1S/C30H37N7O2/c1-22-30(39)35(3)27-20-32-28(19-26(27)37(22)21-23-8-5-4-6-9-23)33-25-11-7-10-24(18-25)29(38)31-12-13-36-16-14-34(2)15-17-36/h4-11,18-20,22H,12-17,21H2,1-3H3,(H,31,38)(H,32,33). The summed E-state index contributed by atoms with van der Waals surface area (Å²) in [4.78, 5) is 38.8. The van der Waals surface area contributed by atoms with Gasteiger partial charge in [0, 0.05) is 70.2 Å². The zero-order chi connectivity index (χ0) is 27.4. The van der Waals surface area contributed by atoms with Gasteiger partial charge in [0.15, 0.2) is 0 Å². The van der Waals surface area contributed by atoms with Gasteiger partial charge in [0.05, 0.1) is 17.6 Å². The molecule has 204 valence electrons. The summed E-state index contributed by atoms with van der Waals surface area (Å²) in [6.45, 7) is 8.21. The highest BCUT2D eigenvalue weighted by Crippen LogP contribution is 2.37. The SMILES string of the molecule is CC1C(=O)N(C)c2cnc(Nc3cccc(C(=O)NCCN4CCN(C)CC4)c3)cc2N1Cc1ccccc1. The molecule has 3 aromatic rings. The molecule has 5 rings (SSSR count). The molecule has 2 amide bonds. The average Bonchev–Trinajstić information content (AvgIpc) is 2.96. The first-order chi connectivity index (χ1) is 18.9. The van der Waals surface area contributed by atoms with Crippen LogP contribution in [0.4, 0.5) is 22.9 Å². The van der Waals surface area contributed by atoms with E-state index in [1.807, 2.05) is 55.5 Å². The van der Waals surface area contributed by atoms with Crippen molar-refractivity contribution < 1.29 is 9.59 Å². The summed E-state index contributed by atoms with van der Waals surface area (Å²) >= 11 is 0. The first-order valence-electron chi connectivity index (χ1n) is 13.5. The van der Waals surface area contributed by atoms with Crippen LogP contribution in [-0.2, 0) is 11.3 Å². The van der Waals surface area contributed by atoms with Gasteiger partial charge in [-0.15, -0.1) is 0 Å². The van der Waals surface area contributed by atoms with E-state index in [0.717, 1.165) is 55.3 Å². The van der Waals surface area contributed by atoms with Crippen LogP contribution in [0.15, 0.2) is 66.9 Å². The summed E-state index contributed by atoms with van der Waals surface area (Å²) in [6.07, 6.45) is 1.73. The van der Waals surface area contributed by atoms with Gasteiger partial charge in [-0.05, 0) is 37.7 Å². The van der Waals surface area contributed by atoms with Crippen molar-refractivity contribution in [1.29, 1.82) is 0 Å². The summed E-state index contributed by atoms with van der Waals surface area (Å²) in [5.74, 6) is 0.593. The number of hydrogen-bond donors (Lipinski definition) is 2. The van der Waals surface area contributed by atoms with Gasteiger partial charge in [-0.25, -0.2) is 4.98 Å². The van der Waals surface area contributed by atoms with Gasteiger partial charge >= 0.3 is 0 Å². The summed E-state index contributed by atoms with van der Waals surface area (Å²) in [6, 6.07) is 19.2. The molecule has 2 aliphatic heterocycles. The van der Waals surface area contributed by atoms with Crippen LogP contribution < -0.4 is 20.4 Å². The average molecular weight is 528 g/mol. The number of nitrogens with zero attached hydrogens (tertiary/aromatic N) is 5. The number of pyridine rings is 1. The third-order valence-electron chi connectivity index (χ3n) is 7.59. The Labute approximate surface area is 230 Å². The van der Waals surface area contributed by atoms with Crippen LogP contribution in [-0.4, -0.2) is 86.0 Å². The third-order valence-corrected chi connectivity index (χ3v) is 7.59. The minimum absolute atomic E-state index is 0.0345. The molecule has 1 atom stereocenters. The van der Waals surface area contributed by atoms with Crippen molar-refractivity contribution in [2.45, 2.75) is 19.5 Å². The Morgan fingerprint density at radius 1 is 0.974 bits per heavy atom. The van der Waals surface area contributed by atoms with Crippen LogP contribution in [0.2, 0.25) is 0 Å². The molecular formula is C30H37N7O2. The van der Waals surface area contributed by atoms with Gasteiger partial charge in [0.2, 0.25) is 5.91 Å². The molecule has 1 fully saturated rings. The number of piperazine rings is 1. The number of nitrogens with one attached hydrogen (secondary N) is 2. The number of carbonyl (C=O) groups excluding carboxylic acids is 2. The van der Waals surface area contributed by atoms with Crippen molar-refractivity contribution in [2.75, 3.05) is 68.5 Å². The number of carbonyl (C=O) groups is 2. The summed E-state index contributed by atoms with van der Waals surface area (Å²) in [5.41, 5.74) is 4.21. The molecule has 9 heteroatoms. The lowest BCUT2D eigenvalue weighted by molar-refractivity contribution is -0.119. The molecule has 3 heterocycles. The van der Waals surface area contributed by atoms with Crippen molar-refractivity contribution in [1.82, 2.24) is 20.1 Å². The first kappa shape index (κ1) is 26.6. The molecule has 39 heavy (non-hydrogen) atoms. The van der Waals surface area contributed by atoms with Crippen LogP contribution >= 0.6 is 0 Å². The van der Waals surface area contributed by atoms with E-state index in [-0.39, 0.29) is 17.9 Å². The van der Waals surface area contributed by atoms with E-state index in [4.69, 9.17) is 0 Å². The predicted octanol–water partition coefficient (Wildman–Crippen LogP) is 3.17. The summed E-state index contributed by atoms with van der Waals surface area (Å²) in [5, 5.41) is 6.40. The van der Waals surface area contributed by atoms with Crippen LogP contribution in [0.5, 0.6) is 0 Å². The number of fused-ring (bicyclic) bond motifs is 1. The fourth-order valence-corrected chi connectivity index (χ4v) is 5.12. The number of hydrogen-bond acceptors (Lipinski definition) is 7. The van der Waals surface area contributed by atoms with Gasteiger partial charge in [-0.1, -0.05) is 36.4 Å². The van der Waals surface area contributed by atoms with Crippen LogP contribution in [0, 0.1) is 0 Å². The fourth-order valence-electron chi connectivity index (χ4n) is 5.12. The number of benzene rings is 2. The molecule has 1 aromatic heterocycles. The Morgan fingerprint density at radius 2 is 1.74 bits per heavy atom. The zero-order valence-corrected chi connectivity index (χ0v) is 22.9. The molecule has 0 aliphatic carbocycles. The molecule has 2 aromatic carbocycles. The van der Waals surface area contributed by atoms with Crippen molar-refractivity contribution >= 4 is 34.7 Å². The molecule has 0 radical (unpaired) electrons. The Hall–Kier alpha value is -3.95. The highest BCUT2D eigenvalue weighted by molar-refractivity contribution is 6.05. The summed E-state index contributed by atoms with van der Waals surface area (Å²) < 4.78 is 0. The number of aromatic nitrogens is 1. The van der Waals surface area contributed by atoms with E-state index in [1.165, 1.54) is 0 Å². The Morgan fingerprint density at radius 3 is 2.51 bits per heavy atom. The van der Waals surface area contributed by atoms with E-state index in [0.29, 0.717) is 24.5 Å². The smallest absolute Gasteiger partial charge is 0.251 e. The van der Waals surface area contributed by atoms with Crippen molar-refractivity contribution in [3.63, 3.8) is 0 Å². The van der Waals surface area contributed by atoms with Crippen molar-refractivity contribution in [3.05, 3.63) is 78.0 Å². The quantitative estimate of drug-likeness (QED) is 0.466. The zero-order valence-electron chi connectivity index (χ0n) is 22.9. The normalized spacial score (nSPS) is 18.1. The maximum atomic E-state index is 12.9. The molecule has 0 spiro atoms. The number of amides is 2. The van der Waals surface area contributed by atoms with Gasteiger partial charge in [0.25, 0.3) is 5.91 Å². The predicted molar refractivity (Wildman–Crippen MR) is 156 cm³/mol. The number of rotatable bonds is 8.